The Labute approximate surface area is 184 Å². The number of hydrogen-bond donors (Lipinski definition) is 2. The molecule has 0 aliphatic rings. The molecule has 2 aromatic heterocycles. The monoisotopic (exact) mass is 468 g/mol. The maximum atomic E-state index is 14.4. The van der Waals surface area contributed by atoms with E-state index in [9.17, 15) is 13.6 Å². The fourth-order valence-electron chi connectivity index (χ4n) is 2.84. The highest BCUT2D eigenvalue weighted by atomic mass is 35.5. The molecular weight excluding hydrogens is 446 g/mol. The standard InChI is InChI=1S/C20H23ClF2N4O3Si/c1-31(2,3)7-6-29-11-27-10-13(21)17-16(4-5-25-19(17)27)30-18-14(22)8-12(9-15(18)23)26-20(24)28/h4-5,8-10H,6-7,11H2,1-3H3,(H3,24,26,28). The van der Waals surface area contributed by atoms with Crippen molar-refractivity contribution in [3.8, 4) is 11.5 Å². The number of nitrogens with zero attached hydrogens (tertiary/aromatic N) is 2. The largest absolute Gasteiger partial charge is 0.450 e. The number of hydrogen-bond acceptors (Lipinski definition) is 4. The van der Waals surface area contributed by atoms with Crippen LogP contribution in [-0.4, -0.2) is 30.3 Å². The van der Waals surface area contributed by atoms with Crippen molar-refractivity contribution >= 4 is 42.4 Å². The highest BCUT2D eigenvalue weighted by Gasteiger charge is 2.19. The number of amides is 2. The lowest BCUT2D eigenvalue weighted by atomic mass is 10.2. The van der Waals surface area contributed by atoms with Crippen LogP contribution in [0.2, 0.25) is 30.7 Å². The minimum Gasteiger partial charge on any atom is -0.450 e. The topological polar surface area (TPSA) is 91.4 Å². The fourth-order valence-corrected chi connectivity index (χ4v) is 3.90. The van der Waals surface area contributed by atoms with Crippen LogP contribution in [0.5, 0.6) is 11.5 Å². The van der Waals surface area contributed by atoms with Crippen LogP contribution in [0.1, 0.15) is 0 Å². The van der Waals surface area contributed by atoms with Crippen molar-refractivity contribution in [1.29, 1.82) is 0 Å². The Morgan fingerprint density at radius 1 is 1.29 bits per heavy atom. The Hall–Kier alpha value is -2.69. The molecule has 0 aliphatic carbocycles. The lowest BCUT2D eigenvalue weighted by molar-refractivity contribution is 0.0899. The first-order valence-electron chi connectivity index (χ1n) is 9.49. The summed E-state index contributed by atoms with van der Waals surface area (Å²) in [5, 5.41) is 2.82. The Morgan fingerprint density at radius 3 is 2.58 bits per heavy atom. The third kappa shape index (κ3) is 5.72. The number of rotatable bonds is 8. The van der Waals surface area contributed by atoms with E-state index in [1.807, 2.05) is 0 Å². The zero-order valence-electron chi connectivity index (χ0n) is 17.3. The van der Waals surface area contributed by atoms with Crippen LogP contribution < -0.4 is 15.8 Å². The van der Waals surface area contributed by atoms with Crippen molar-refractivity contribution in [3.63, 3.8) is 0 Å². The van der Waals surface area contributed by atoms with Gasteiger partial charge in [-0.25, -0.2) is 18.6 Å². The molecule has 2 heterocycles. The molecule has 0 bridgehead atoms. The molecule has 0 saturated carbocycles. The average Bonchev–Trinajstić information content (AvgIpc) is 2.97. The summed E-state index contributed by atoms with van der Waals surface area (Å²) in [5.74, 6) is -2.54. The Morgan fingerprint density at radius 2 is 1.97 bits per heavy atom. The maximum absolute atomic E-state index is 14.4. The van der Waals surface area contributed by atoms with Gasteiger partial charge in [0.05, 0.1) is 10.4 Å². The molecule has 2 amide bonds. The number of aromatic nitrogens is 2. The molecule has 0 atom stereocenters. The molecule has 0 aliphatic heterocycles. The molecule has 166 valence electrons. The van der Waals surface area contributed by atoms with Gasteiger partial charge in [-0.3, -0.25) is 0 Å². The van der Waals surface area contributed by atoms with Gasteiger partial charge in [0.1, 0.15) is 18.1 Å². The Kier molecular flexibility index (Phi) is 6.82. The number of anilines is 1. The molecule has 3 aromatic rings. The summed E-state index contributed by atoms with van der Waals surface area (Å²) in [7, 11) is -1.22. The summed E-state index contributed by atoms with van der Waals surface area (Å²) < 4.78 is 41.8. The Balaban J connectivity index is 1.86. The normalized spacial score (nSPS) is 11.7. The van der Waals surface area contributed by atoms with E-state index in [2.05, 4.69) is 29.9 Å². The number of carbonyl (C=O) groups excluding carboxylic acids is 1. The van der Waals surface area contributed by atoms with Gasteiger partial charge in [-0.1, -0.05) is 31.2 Å². The summed E-state index contributed by atoms with van der Waals surface area (Å²) in [5.41, 5.74) is 5.30. The lowest BCUT2D eigenvalue weighted by Gasteiger charge is -2.15. The van der Waals surface area contributed by atoms with Gasteiger partial charge in [0.2, 0.25) is 0 Å². The first-order valence-corrected chi connectivity index (χ1v) is 13.6. The van der Waals surface area contributed by atoms with Crippen molar-refractivity contribution < 1.29 is 23.0 Å². The minimum atomic E-state index is -1.22. The zero-order chi connectivity index (χ0) is 22.8. The number of benzene rings is 1. The van der Waals surface area contributed by atoms with Crippen LogP contribution >= 0.6 is 11.6 Å². The summed E-state index contributed by atoms with van der Waals surface area (Å²) >= 11 is 6.36. The van der Waals surface area contributed by atoms with E-state index in [0.717, 1.165) is 18.2 Å². The molecule has 11 heteroatoms. The second-order valence-electron chi connectivity index (χ2n) is 8.16. The number of nitrogens with one attached hydrogen (secondary N) is 1. The van der Waals surface area contributed by atoms with Crippen molar-refractivity contribution in [1.82, 2.24) is 9.55 Å². The fraction of sp³-hybridized carbons (Fsp3) is 0.300. The average molecular weight is 469 g/mol. The lowest BCUT2D eigenvalue weighted by Crippen LogP contribution is -2.22. The number of primary amides is 1. The van der Waals surface area contributed by atoms with Gasteiger partial charge >= 0.3 is 6.03 Å². The first-order chi connectivity index (χ1) is 14.5. The number of fused-ring (bicyclic) bond motifs is 1. The summed E-state index contributed by atoms with van der Waals surface area (Å²) in [4.78, 5) is 15.2. The van der Waals surface area contributed by atoms with Gasteiger partial charge in [0.15, 0.2) is 17.4 Å². The van der Waals surface area contributed by atoms with Gasteiger partial charge < -0.3 is 25.1 Å². The maximum Gasteiger partial charge on any atom is 0.316 e. The van der Waals surface area contributed by atoms with E-state index in [-0.39, 0.29) is 18.2 Å². The minimum absolute atomic E-state index is 0.129. The summed E-state index contributed by atoms with van der Waals surface area (Å²) in [6.45, 7) is 7.64. The van der Waals surface area contributed by atoms with E-state index in [0.29, 0.717) is 22.7 Å². The van der Waals surface area contributed by atoms with Gasteiger partial charge in [-0.15, -0.1) is 0 Å². The Bertz CT molecular complexity index is 1090. The molecule has 0 saturated heterocycles. The number of halogens is 3. The molecule has 3 rings (SSSR count). The van der Waals surface area contributed by atoms with Gasteiger partial charge in [0, 0.05) is 44.9 Å². The van der Waals surface area contributed by atoms with Crippen molar-refractivity contribution in [2.45, 2.75) is 32.4 Å². The highest BCUT2D eigenvalue weighted by Crippen LogP contribution is 2.37. The number of nitrogens with two attached hydrogens (primary N) is 1. The summed E-state index contributed by atoms with van der Waals surface area (Å²) in [6.07, 6.45) is 3.08. The van der Waals surface area contributed by atoms with Crippen LogP contribution in [0.25, 0.3) is 11.0 Å². The van der Waals surface area contributed by atoms with E-state index < -0.39 is 31.5 Å². The van der Waals surface area contributed by atoms with Crippen LogP contribution in [0.4, 0.5) is 19.3 Å². The van der Waals surface area contributed by atoms with Crippen LogP contribution in [0.3, 0.4) is 0 Å². The van der Waals surface area contributed by atoms with Gasteiger partial charge in [0.25, 0.3) is 0 Å². The van der Waals surface area contributed by atoms with Crippen molar-refractivity contribution in [2.75, 3.05) is 11.9 Å². The molecule has 1 aromatic carbocycles. The number of carbonyl (C=O) groups is 1. The molecule has 7 nitrogen and oxygen atoms in total. The van der Waals surface area contributed by atoms with E-state index in [1.54, 1.807) is 10.8 Å². The molecule has 0 radical (unpaired) electrons. The van der Waals surface area contributed by atoms with E-state index in [4.69, 9.17) is 26.8 Å². The molecule has 0 spiro atoms. The predicted octanol–water partition coefficient (Wildman–Crippen LogP) is 5.56. The number of ether oxygens (including phenoxy) is 2. The second-order valence-corrected chi connectivity index (χ2v) is 14.2. The quantitative estimate of drug-likeness (QED) is 0.334. The third-order valence-corrected chi connectivity index (χ3v) is 6.37. The number of urea groups is 1. The van der Waals surface area contributed by atoms with Gasteiger partial charge in [-0.2, -0.15) is 0 Å². The van der Waals surface area contributed by atoms with Crippen molar-refractivity contribution in [2.24, 2.45) is 5.73 Å². The smallest absolute Gasteiger partial charge is 0.316 e. The second kappa shape index (κ2) is 9.21. The SMILES string of the molecule is C[Si](C)(C)CCOCn1cc(Cl)c2c(Oc3c(F)cc(NC(N)=O)cc3F)ccnc21. The zero-order valence-corrected chi connectivity index (χ0v) is 19.1. The van der Waals surface area contributed by atoms with E-state index in [1.165, 1.54) is 12.3 Å². The van der Waals surface area contributed by atoms with Crippen molar-refractivity contribution in [3.05, 3.63) is 47.2 Å². The molecule has 3 N–H and O–H groups in total. The van der Waals surface area contributed by atoms with Crippen LogP contribution in [-0.2, 0) is 11.5 Å². The first kappa shape index (κ1) is 23.0. The number of pyridine rings is 1. The van der Waals surface area contributed by atoms with Crippen LogP contribution in [0, 0.1) is 11.6 Å². The predicted molar refractivity (Wildman–Crippen MR) is 118 cm³/mol. The third-order valence-electron chi connectivity index (χ3n) is 4.38. The molecule has 31 heavy (non-hydrogen) atoms. The van der Waals surface area contributed by atoms with Crippen LogP contribution in [0.15, 0.2) is 30.6 Å². The summed E-state index contributed by atoms with van der Waals surface area (Å²) in [6, 6.07) is 3.34. The van der Waals surface area contributed by atoms with Gasteiger partial charge in [-0.05, 0) is 12.1 Å². The molecule has 0 fully saturated rings. The molecule has 0 unspecified atom stereocenters. The molecular formula is C20H23ClF2N4O3Si. The van der Waals surface area contributed by atoms with E-state index >= 15 is 0 Å². The highest BCUT2D eigenvalue weighted by molar-refractivity contribution is 6.76.